The molecule has 0 saturated heterocycles. The predicted octanol–water partition coefficient (Wildman–Crippen LogP) is -0.746. The maximum Gasteiger partial charge on any atom is 0.317 e. The van der Waals surface area contributed by atoms with Gasteiger partial charge in [0.2, 0.25) is 0 Å². The SMILES string of the molecule is CC(=O)c1cccc(C[C@H]2[C@H](N)[C@@](NC(=O)N(C)C)([C@H](C)O)[C@@](C)(O)[C@@]2(O)CO)c1. The van der Waals surface area contributed by atoms with Crippen molar-refractivity contribution in [2.75, 3.05) is 20.7 Å². The van der Waals surface area contributed by atoms with Crippen LogP contribution in [0.2, 0.25) is 0 Å². The van der Waals surface area contributed by atoms with Gasteiger partial charge in [-0.2, -0.15) is 0 Å². The van der Waals surface area contributed by atoms with Crippen molar-refractivity contribution in [3.05, 3.63) is 35.4 Å². The first-order chi connectivity index (χ1) is 13.8. The molecule has 0 unspecified atom stereocenters. The van der Waals surface area contributed by atoms with Crippen LogP contribution in [0.4, 0.5) is 4.79 Å². The lowest BCUT2D eigenvalue weighted by Gasteiger charge is -2.48. The van der Waals surface area contributed by atoms with Gasteiger partial charge in [-0.1, -0.05) is 18.2 Å². The molecule has 1 aliphatic rings. The quantitative estimate of drug-likeness (QED) is 0.329. The van der Waals surface area contributed by atoms with Crippen molar-refractivity contribution in [3.8, 4) is 0 Å². The highest BCUT2D eigenvalue weighted by molar-refractivity contribution is 5.94. The molecule has 1 aliphatic carbocycles. The molecule has 2 rings (SSSR count). The van der Waals surface area contributed by atoms with E-state index in [1.807, 2.05) is 0 Å². The van der Waals surface area contributed by atoms with Gasteiger partial charge in [-0.25, -0.2) is 4.79 Å². The molecule has 0 bridgehead atoms. The molecule has 1 saturated carbocycles. The largest absolute Gasteiger partial charge is 0.393 e. The van der Waals surface area contributed by atoms with Crippen molar-refractivity contribution >= 4 is 11.8 Å². The lowest BCUT2D eigenvalue weighted by atomic mass is 9.73. The zero-order valence-electron chi connectivity index (χ0n) is 18.1. The highest BCUT2D eigenvalue weighted by Gasteiger charge is 2.75. The van der Waals surface area contributed by atoms with Gasteiger partial charge in [-0.05, 0) is 38.8 Å². The fraction of sp³-hybridized carbons (Fsp3) is 0.619. The molecule has 30 heavy (non-hydrogen) atoms. The number of carbonyl (C=O) groups excluding carboxylic acids is 2. The van der Waals surface area contributed by atoms with Crippen LogP contribution in [0.25, 0.3) is 0 Å². The number of nitrogens with zero attached hydrogens (tertiary/aromatic N) is 1. The van der Waals surface area contributed by atoms with Gasteiger partial charge < -0.3 is 36.4 Å². The number of ketones is 1. The molecule has 0 aliphatic heterocycles. The van der Waals surface area contributed by atoms with Crippen molar-refractivity contribution < 1.29 is 30.0 Å². The first kappa shape index (κ1) is 24.2. The Labute approximate surface area is 176 Å². The van der Waals surface area contributed by atoms with E-state index in [9.17, 15) is 30.0 Å². The minimum atomic E-state index is -2.18. The summed E-state index contributed by atoms with van der Waals surface area (Å²) in [5.41, 5.74) is 1.44. The molecule has 7 N–H and O–H groups in total. The molecule has 2 amide bonds. The first-order valence-corrected chi connectivity index (χ1v) is 9.84. The van der Waals surface area contributed by atoms with E-state index in [0.29, 0.717) is 11.1 Å². The number of benzene rings is 1. The number of aliphatic hydroxyl groups excluding tert-OH is 2. The maximum absolute atomic E-state index is 12.5. The van der Waals surface area contributed by atoms with E-state index >= 15 is 0 Å². The minimum absolute atomic E-state index is 0.0990. The monoisotopic (exact) mass is 423 g/mol. The van der Waals surface area contributed by atoms with Gasteiger partial charge in [0.15, 0.2) is 5.78 Å². The Hall–Kier alpha value is -2.04. The Kier molecular flexibility index (Phi) is 6.65. The molecule has 168 valence electrons. The summed E-state index contributed by atoms with van der Waals surface area (Å²) in [5, 5.41) is 46.2. The van der Waals surface area contributed by atoms with Crippen molar-refractivity contribution in [2.45, 2.75) is 56.1 Å². The predicted molar refractivity (Wildman–Crippen MR) is 111 cm³/mol. The number of hydrogen-bond acceptors (Lipinski definition) is 7. The Morgan fingerprint density at radius 3 is 2.37 bits per heavy atom. The van der Waals surface area contributed by atoms with E-state index in [1.165, 1.54) is 39.8 Å². The smallest absolute Gasteiger partial charge is 0.317 e. The molecule has 9 heteroatoms. The summed E-state index contributed by atoms with van der Waals surface area (Å²) < 4.78 is 0. The molecule has 1 aromatic carbocycles. The third kappa shape index (κ3) is 3.50. The van der Waals surface area contributed by atoms with E-state index in [0.717, 1.165) is 0 Å². The summed E-state index contributed by atoms with van der Waals surface area (Å²) in [6.45, 7) is 3.19. The summed E-state index contributed by atoms with van der Waals surface area (Å²) in [5.74, 6) is -1.08. The fourth-order valence-corrected chi connectivity index (χ4v) is 4.68. The molecule has 6 atom stereocenters. The zero-order valence-corrected chi connectivity index (χ0v) is 18.1. The van der Waals surface area contributed by atoms with Gasteiger partial charge in [-0.15, -0.1) is 0 Å². The number of urea groups is 1. The van der Waals surface area contributed by atoms with Crippen molar-refractivity contribution in [1.29, 1.82) is 0 Å². The Morgan fingerprint density at radius 2 is 1.90 bits per heavy atom. The van der Waals surface area contributed by atoms with Gasteiger partial charge in [0.1, 0.15) is 16.7 Å². The van der Waals surface area contributed by atoms with Crippen LogP contribution in [0, 0.1) is 5.92 Å². The second-order valence-electron chi connectivity index (χ2n) is 8.62. The van der Waals surface area contributed by atoms with Crippen LogP contribution in [-0.4, -0.2) is 86.7 Å². The van der Waals surface area contributed by atoms with Gasteiger partial charge >= 0.3 is 6.03 Å². The molecule has 0 spiro atoms. The normalized spacial score (nSPS) is 34.5. The summed E-state index contributed by atoms with van der Waals surface area (Å²) in [7, 11) is 2.98. The second-order valence-corrected chi connectivity index (χ2v) is 8.62. The molecule has 1 fully saturated rings. The van der Waals surface area contributed by atoms with Gasteiger partial charge in [0.25, 0.3) is 0 Å². The standard InChI is InChI=1S/C21H33N3O6/c1-12(26)15-8-6-7-14(9-15)10-16-17(22)21(13(2)27,23-18(28)24(4)5)19(3,29)20(16,30)11-25/h6-9,13,16-17,25,27,29-30H,10-11,22H2,1-5H3,(H,23,28)/t13-,16-,17-,19-,20+,21-/m0/s1. The summed E-state index contributed by atoms with van der Waals surface area (Å²) >= 11 is 0. The number of rotatable bonds is 6. The van der Waals surface area contributed by atoms with Crippen LogP contribution < -0.4 is 11.1 Å². The summed E-state index contributed by atoms with van der Waals surface area (Å²) in [4.78, 5) is 25.4. The van der Waals surface area contributed by atoms with E-state index in [4.69, 9.17) is 5.73 Å². The van der Waals surface area contributed by atoms with Crippen molar-refractivity contribution in [1.82, 2.24) is 10.2 Å². The Bertz CT molecular complexity index is 812. The fourth-order valence-electron chi connectivity index (χ4n) is 4.68. The number of amides is 2. The van der Waals surface area contributed by atoms with Crippen LogP contribution in [0.3, 0.4) is 0 Å². The highest BCUT2D eigenvalue weighted by atomic mass is 16.4. The van der Waals surface area contributed by atoms with Crippen LogP contribution in [0.1, 0.15) is 36.7 Å². The summed E-state index contributed by atoms with van der Waals surface area (Å²) in [6, 6.07) is 5.00. The maximum atomic E-state index is 12.5. The van der Waals surface area contributed by atoms with Crippen molar-refractivity contribution in [2.24, 2.45) is 11.7 Å². The molecule has 0 heterocycles. The molecule has 0 radical (unpaired) electrons. The van der Waals surface area contributed by atoms with Crippen LogP contribution in [-0.2, 0) is 6.42 Å². The van der Waals surface area contributed by atoms with Gasteiger partial charge in [-0.3, -0.25) is 4.79 Å². The zero-order chi connectivity index (χ0) is 23.1. The van der Waals surface area contributed by atoms with E-state index in [1.54, 1.807) is 24.3 Å². The number of hydrogen-bond donors (Lipinski definition) is 6. The third-order valence-corrected chi connectivity index (χ3v) is 6.63. The number of nitrogens with one attached hydrogen (secondary N) is 1. The molecular weight excluding hydrogens is 390 g/mol. The van der Waals surface area contributed by atoms with Gasteiger partial charge in [0.05, 0.1) is 12.7 Å². The topological polar surface area (TPSA) is 156 Å². The average Bonchev–Trinajstić information content (AvgIpc) is 2.79. The number of carbonyl (C=O) groups is 2. The first-order valence-electron chi connectivity index (χ1n) is 9.84. The molecule has 9 nitrogen and oxygen atoms in total. The van der Waals surface area contributed by atoms with E-state index in [-0.39, 0.29) is 12.2 Å². The van der Waals surface area contributed by atoms with Crippen LogP contribution >= 0.6 is 0 Å². The lowest BCUT2D eigenvalue weighted by molar-refractivity contribution is -0.194. The Morgan fingerprint density at radius 1 is 1.30 bits per heavy atom. The van der Waals surface area contributed by atoms with Gasteiger partial charge in [0, 0.05) is 31.6 Å². The minimum Gasteiger partial charge on any atom is -0.393 e. The number of aliphatic hydroxyl groups is 4. The Balaban J connectivity index is 2.60. The van der Waals surface area contributed by atoms with Crippen molar-refractivity contribution in [3.63, 3.8) is 0 Å². The number of Topliss-reactive ketones (excluding diaryl/α,β-unsaturated/α-hetero) is 1. The van der Waals surface area contributed by atoms with Crippen LogP contribution in [0.5, 0.6) is 0 Å². The highest BCUT2D eigenvalue weighted by Crippen LogP contribution is 2.52. The molecular formula is C21H33N3O6. The average molecular weight is 424 g/mol. The second kappa shape index (κ2) is 8.24. The lowest BCUT2D eigenvalue weighted by Crippen LogP contribution is -2.76. The number of nitrogens with two attached hydrogens (primary N) is 1. The van der Waals surface area contributed by atoms with E-state index < -0.39 is 47.4 Å². The third-order valence-electron chi connectivity index (χ3n) is 6.63. The molecule has 0 aromatic heterocycles. The van der Waals surface area contributed by atoms with Crippen LogP contribution in [0.15, 0.2) is 24.3 Å². The summed E-state index contributed by atoms with van der Waals surface area (Å²) in [6.07, 6.45) is -1.26. The van der Waals surface area contributed by atoms with E-state index in [2.05, 4.69) is 5.32 Å². The molecule has 1 aromatic rings.